The lowest BCUT2D eigenvalue weighted by atomic mass is 10.3. The molecule has 4 aromatic rings. The van der Waals surface area contributed by atoms with Crippen LogP contribution in [0.5, 0.6) is 17.5 Å². The van der Waals surface area contributed by atoms with E-state index in [1.807, 2.05) is 6.92 Å². The number of ether oxygens (including phenoxy) is 3. The molecule has 12 nitrogen and oxygen atoms in total. The largest absolute Gasteiger partial charge is 0.760 e. The van der Waals surface area contributed by atoms with Crippen molar-refractivity contribution in [2.24, 2.45) is 0 Å². The molecule has 4 rings (SSSR count). The van der Waals surface area contributed by atoms with E-state index < -0.39 is 11.3 Å². The molecule has 1 unspecified atom stereocenters. The van der Waals surface area contributed by atoms with Gasteiger partial charge in [-0.3, -0.25) is 8.78 Å². The van der Waals surface area contributed by atoms with Gasteiger partial charge in [0.15, 0.2) is 22.8 Å². The fourth-order valence-corrected chi connectivity index (χ4v) is 3.46. The summed E-state index contributed by atoms with van der Waals surface area (Å²) in [5.74, 6) is 1.55. The lowest BCUT2D eigenvalue weighted by molar-refractivity contribution is 0.327. The molecule has 172 valence electrons. The second kappa shape index (κ2) is 9.85. The summed E-state index contributed by atoms with van der Waals surface area (Å²) >= 11 is -2.44. The third kappa shape index (κ3) is 4.60. The monoisotopic (exact) mass is 470 g/mol. The minimum atomic E-state index is -2.44. The third-order valence-electron chi connectivity index (χ3n) is 4.53. The van der Waals surface area contributed by atoms with Gasteiger partial charge in [0.05, 0.1) is 39.3 Å². The van der Waals surface area contributed by atoms with Crippen molar-refractivity contribution in [2.75, 3.05) is 20.8 Å². The number of methoxy groups -OCH3 is 2. The number of fused-ring (bicyclic) bond motifs is 1. The highest BCUT2D eigenvalue weighted by Crippen LogP contribution is 2.36. The normalized spacial score (nSPS) is 12.0. The molecule has 0 spiro atoms. The molecule has 0 bridgehead atoms. The molecule has 1 atom stereocenters. The minimum absolute atomic E-state index is 0.0427. The Morgan fingerprint density at radius 3 is 2.70 bits per heavy atom. The summed E-state index contributed by atoms with van der Waals surface area (Å²) in [6, 6.07) is 7.00. The van der Waals surface area contributed by atoms with Crippen LogP contribution in [0.1, 0.15) is 12.6 Å². The standard InChI is InChI=1S/C20H21N7O5S/c1-4-32-15-7-5-6-13(25-15)18-26-17-19(24-12(10-22-17)11-23-33(28)29)27(18)16-14(30-2)8-9-21-20(16)31-3/h5-10,23H,4,11H2,1-3H3,(H,28,29)/p-1. The van der Waals surface area contributed by atoms with Crippen molar-refractivity contribution in [3.05, 3.63) is 42.4 Å². The van der Waals surface area contributed by atoms with Gasteiger partial charge >= 0.3 is 0 Å². The first-order valence-corrected chi connectivity index (χ1v) is 10.9. The van der Waals surface area contributed by atoms with Gasteiger partial charge in [-0.2, -0.15) is 0 Å². The number of imidazole rings is 1. The lowest BCUT2D eigenvalue weighted by Gasteiger charge is -2.15. The van der Waals surface area contributed by atoms with Crippen molar-refractivity contribution in [2.45, 2.75) is 13.5 Å². The van der Waals surface area contributed by atoms with Crippen molar-refractivity contribution >= 4 is 22.6 Å². The van der Waals surface area contributed by atoms with Crippen molar-refractivity contribution < 1.29 is 23.0 Å². The zero-order chi connectivity index (χ0) is 23.4. The van der Waals surface area contributed by atoms with Crippen LogP contribution < -0.4 is 18.9 Å². The summed E-state index contributed by atoms with van der Waals surface area (Å²) in [5.41, 5.74) is 1.98. The summed E-state index contributed by atoms with van der Waals surface area (Å²) in [5, 5.41) is 0. The lowest BCUT2D eigenvalue weighted by Crippen LogP contribution is -2.17. The first-order chi connectivity index (χ1) is 16.0. The SMILES string of the molecule is CCOc1cccc(-c2nc3ncc(CNS(=O)[O-])nc3n2-c2c(OC)ccnc2OC)n1. The molecule has 0 aliphatic rings. The Bertz CT molecular complexity index is 1290. The van der Waals surface area contributed by atoms with Gasteiger partial charge in [-0.05, 0) is 13.0 Å². The highest BCUT2D eigenvalue weighted by Gasteiger charge is 2.24. The average molecular weight is 470 g/mol. The van der Waals surface area contributed by atoms with Crippen molar-refractivity contribution in [3.8, 4) is 34.7 Å². The number of pyridine rings is 2. The number of nitrogens with zero attached hydrogens (tertiary/aromatic N) is 6. The minimum Gasteiger partial charge on any atom is -0.760 e. The maximum atomic E-state index is 10.9. The van der Waals surface area contributed by atoms with Gasteiger partial charge in [-0.1, -0.05) is 6.07 Å². The van der Waals surface area contributed by atoms with Gasteiger partial charge in [-0.15, -0.1) is 0 Å². The molecule has 13 heteroatoms. The van der Waals surface area contributed by atoms with E-state index in [1.165, 1.54) is 20.4 Å². The highest BCUT2D eigenvalue weighted by molar-refractivity contribution is 7.77. The van der Waals surface area contributed by atoms with E-state index in [9.17, 15) is 8.76 Å². The molecule has 4 aromatic heterocycles. The van der Waals surface area contributed by atoms with E-state index in [4.69, 9.17) is 14.2 Å². The Balaban J connectivity index is 2.01. The van der Waals surface area contributed by atoms with Gasteiger partial charge in [0.25, 0.3) is 0 Å². The van der Waals surface area contributed by atoms with Crippen molar-refractivity contribution in [3.63, 3.8) is 0 Å². The van der Waals surface area contributed by atoms with E-state index in [-0.39, 0.29) is 12.4 Å². The zero-order valence-electron chi connectivity index (χ0n) is 18.0. The maximum Gasteiger partial charge on any atom is 0.242 e. The van der Waals surface area contributed by atoms with Crippen LogP contribution in [0.2, 0.25) is 0 Å². The molecule has 0 amide bonds. The highest BCUT2D eigenvalue weighted by atomic mass is 32.2. The summed E-state index contributed by atoms with van der Waals surface area (Å²) < 4.78 is 42.4. The summed E-state index contributed by atoms with van der Waals surface area (Å²) in [4.78, 5) is 22.4. The maximum absolute atomic E-state index is 10.9. The Labute approximate surface area is 191 Å². The second-order valence-electron chi connectivity index (χ2n) is 6.50. The zero-order valence-corrected chi connectivity index (χ0v) is 18.8. The number of aromatic nitrogens is 6. The van der Waals surface area contributed by atoms with Gasteiger partial charge in [0, 0.05) is 29.6 Å². The third-order valence-corrected chi connectivity index (χ3v) is 4.91. The Morgan fingerprint density at radius 1 is 1.12 bits per heavy atom. The molecule has 0 aliphatic heterocycles. The summed E-state index contributed by atoms with van der Waals surface area (Å²) in [6.07, 6.45) is 3.00. The van der Waals surface area contributed by atoms with Gasteiger partial charge in [0.2, 0.25) is 11.8 Å². The summed E-state index contributed by atoms with van der Waals surface area (Å²) in [6.45, 7) is 2.28. The van der Waals surface area contributed by atoms with E-state index in [2.05, 4.69) is 29.6 Å². The number of rotatable bonds is 9. The molecule has 0 saturated heterocycles. The number of nitrogens with one attached hydrogen (secondary N) is 1. The van der Waals surface area contributed by atoms with Gasteiger partial charge in [0.1, 0.15) is 11.4 Å². The molecule has 0 aromatic carbocycles. The molecule has 1 N–H and O–H groups in total. The molecular formula is C20H20N7O5S-. The number of hydrogen-bond donors (Lipinski definition) is 1. The second-order valence-corrected chi connectivity index (χ2v) is 7.26. The van der Waals surface area contributed by atoms with Gasteiger partial charge < -0.3 is 18.8 Å². The van der Waals surface area contributed by atoms with Crippen LogP contribution >= 0.6 is 0 Å². The van der Waals surface area contributed by atoms with E-state index in [0.717, 1.165) is 0 Å². The fraction of sp³-hybridized carbons (Fsp3) is 0.250. The van der Waals surface area contributed by atoms with Crippen LogP contribution in [0.3, 0.4) is 0 Å². The molecule has 0 saturated carbocycles. The molecule has 0 aliphatic carbocycles. The Hall–Kier alpha value is -3.68. The molecule has 0 fully saturated rings. The van der Waals surface area contributed by atoms with E-state index >= 15 is 0 Å². The Morgan fingerprint density at radius 2 is 1.97 bits per heavy atom. The predicted molar refractivity (Wildman–Crippen MR) is 118 cm³/mol. The van der Waals surface area contributed by atoms with Crippen LogP contribution in [-0.2, 0) is 17.8 Å². The quantitative estimate of drug-likeness (QED) is 0.357. The van der Waals surface area contributed by atoms with Crippen molar-refractivity contribution in [1.82, 2.24) is 34.2 Å². The first-order valence-electron chi connectivity index (χ1n) is 9.80. The summed E-state index contributed by atoms with van der Waals surface area (Å²) in [7, 11) is 3.01. The molecule has 33 heavy (non-hydrogen) atoms. The Kier molecular flexibility index (Phi) is 6.72. The number of hydrogen-bond acceptors (Lipinski definition) is 10. The van der Waals surface area contributed by atoms with Crippen LogP contribution in [-0.4, -0.2) is 59.1 Å². The smallest absolute Gasteiger partial charge is 0.242 e. The van der Waals surface area contributed by atoms with Crippen LogP contribution in [0.15, 0.2) is 36.7 Å². The van der Waals surface area contributed by atoms with Crippen molar-refractivity contribution in [1.29, 1.82) is 0 Å². The van der Waals surface area contributed by atoms with Gasteiger partial charge in [-0.25, -0.2) is 29.6 Å². The fourth-order valence-electron chi connectivity index (χ4n) is 3.20. The predicted octanol–water partition coefficient (Wildman–Crippen LogP) is 1.57. The van der Waals surface area contributed by atoms with Crippen LogP contribution in [0.4, 0.5) is 0 Å². The van der Waals surface area contributed by atoms with Crippen LogP contribution in [0.25, 0.3) is 28.5 Å². The van der Waals surface area contributed by atoms with Crippen LogP contribution in [0, 0.1) is 0 Å². The molecule has 0 radical (unpaired) electrons. The molecular weight excluding hydrogens is 450 g/mol. The molecule has 4 heterocycles. The average Bonchev–Trinajstić information content (AvgIpc) is 3.21. The first kappa shape index (κ1) is 22.5. The topological polar surface area (TPSA) is 149 Å². The van der Waals surface area contributed by atoms with E-state index in [0.29, 0.717) is 52.4 Å². The van der Waals surface area contributed by atoms with E-state index in [1.54, 1.807) is 35.0 Å².